The van der Waals surface area contributed by atoms with Crippen LogP contribution in [0.1, 0.15) is 6.92 Å². The fourth-order valence-electron chi connectivity index (χ4n) is 1.10. The molecule has 1 aromatic carbocycles. The number of carbonyl (C=O) groups excluding carboxylic acids is 2. The van der Waals surface area contributed by atoms with Crippen molar-refractivity contribution in [1.29, 1.82) is 0 Å². The van der Waals surface area contributed by atoms with Gasteiger partial charge in [0.15, 0.2) is 0 Å². The van der Waals surface area contributed by atoms with Gasteiger partial charge in [-0.25, -0.2) is 4.39 Å². The molecule has 4 nitrogen and oxygen atoms in total. The molecule has 18 heavy (non-hydrogen) atoms. The predicted octanol–water partition coefficient (Wildman–Crippen LogP) is 2.28. The minimum Gasteiger partial charge on any atom is -0.326 e. The zero-order valence-corrected chi connectivity index (χ0v) is 9.06. The molecule has 0 radical (unpaired) electrons. The van der Waals surface area contributed by atoms with Crippen molar-refractivity contribution in [3.8, 4) is 0 Å². The molecule has 8 heteroatoms. The molecule has 0 spiro atoms. The minimum atomic E-state index is -5.11. The fraction of sp³-hybridized carbons (Fsp3) is 0.200. The summed E-state index contributed by atoms with van der Waals surface area (Å²) in [6.07, 6.45) is -5.11. The summed E-state index contributed by atoms with van der Waals surface area (Å²) >= 11 is 0. The summed E-state index contributed by atoms with van der Waals surface area (Å²) in [6, 6.07) is 2.87. The Morgan fingerprint density at radius 2 is 1.78 bits per heavy atom. The molecule has 2 N–H and O–H groups in total. The molecule has 2 amide bonds. The van der Waals surface area contributed by atoms with Crippen molar-refractivity contribution >= 4 is 23.2 Å². The molecular weight excluding hydrogens is 256 g/mol. The lowest BCUT2D eigenvalue weighted by Crippen LogP contribution is -2.30. The number of anilines is 2. The summed E-state index contributed by atoms with van der Waals surface area (Å²) in [4.78, 5) is 21.3. The van der Waals surface area contributed by atoms with Crippen LogP contribution >= 0.6 is 0 Å². The third kappa shape index (κ3) is 3.72. The van der Waals surface area contributed by atoms with Crippen LogP contribution in [0.15, 0.2) is 18.2 Å². The molecule has 0 saturated carbocycles. The van der Waals surface area contributed by atoms with E-state index in [0.29, 0.717) is 0 Å². The number of hydrogen-bond acceptors (Lipinski definition) is 2. The van der Waals surface area contributed by atoms with Crippen LogP contribution in [0.3, 0.4) is 0 Å². The highest BCUT2D eigenvalue weighted by Crippen LogP contribution is 2.23. The van der Waals surface area contributed by atoms with Gasteiger partial charge in [0, 0.05) is 12.6 Å². The molecular formula is C10H8F4N2O2. The molecule has 1 aromatic rings. The molecule has 0 atom stereocenters. The highest BCUT2D eigenvalue weighted by Gasteiger charge is 2.39. The van der Waals surface area contributed by atoms with Crippen LogP contribution in [0.4, 0.5) is 28.9 Å². The highest BCUT2D eigenvalue weighted by molar-refractivity contribution is 5.96. The van der Waals surface area contributed by atoms with E-state index in [0.717, 1.165) is 18.2 Å². The summed E-state index contributed by atoms with van der Waals surface area (Å²) in [5.41, 5.74) is -0.593. The molecule has 0 unspecified atom stereocenters. The lowest BCUT2D eigenvalue weighted by molar-refractivity contribution is -0.167. The minimum absolute atomic E-state index is 0.0707. The zero-order valence-electron chi connectivity index (χ0n) is 9.06. The van der Waals surface area contributed by atoms with Gasteiger partial charge >= 0.3 is 12.1 Å². The summed E-state index contributed by atoms with van der Waals surface area (Å²) < 4.78 is 49.1. The van der Waals surface area contributed by atoms with Crippen molar-refractivity contribution in [3.63, 3.8) is 0 Å². The fourth-order valence-corrected chi connectivity index (χ4v) is 1.10. The van der Waals surface area contributed by atoms with E-state index in [-0.39, 0.29) is 5.69 Å². The number of halogens is 4. The van der Waals surface area contributed by atoms with Gasteiger partial charge in [0.25, 0.3) is 0 Å². The molecule has 1 rings (SSSR count). The lowest BCUT2D eigenvalue weighted by atomic mass is 10.2. The standard InChI is InChI=1S/C10H8F4N2O2/c1-5(17)15-6-2-3-7(11)8(4-6)16-9(18)10(12,13)14/h2-4H,1H3,(H,15,17)(H,16,18). The number of benzene rings is 1. The Bertz CT molecular complexity index is 485. The van der Waals surface area contributed by atoms with Gasteiger partial charge in [-0.05, 0) is 18.2 Å². The molecule has 0 saturated heterocycles. The van der Waals surface area contributed by atoms with Gasteiger partial charge in [-0.3, -0.25) is 9.59 Å². The Morgan fingerprint density at radius 3 is 2.28 bits per heavy atom. The predicted molar refractivity (Wildman–Crippen MR) is 55.4 cm³/mol. The third-order valence-electron chi connectivity index (χ3n) is 1.79. The van der Waals surface area contributed by atoms with Crippen LogP contribution in [0.25, 0.3) is 0 Å². The second-order valence-electron chi connectivity index (χ2n) is 3.33. The molecule has 0 bridgehead atoms. The smallest absolute Gasteiger partial charge is 0.326 e. The summed E-state index contributed by atoms with van der Waals surface area (Å²) in [7, 11) is 0. The average Bonchev–Trinajstić information content (AvgIpc) is 2.20. The van der Waals surface area contributed by atoms with Gasteiger partial charge in [0.1, 0.15) is 5.82 Å². The maximum absolute atomic E-state index is 13.2. The van der Waals surface area contributed by atoms with E-state index in [4.69, 9.17) is 0 Å². The van der Waals surface area contributed by atoms with Crippen LogP contribution in [0, 0.1) is 5.82 Å². The Hall–Kier alpha value is -2.12. The lowest BCUT2D eigenvalue weighted by Gasteiger charge is -2.10. The quantitative estimate of drug-likeness (QED) is 0.805. The topological polar surface area (TPSA) is 58.2 Å². The van der Waals surface area contributed by atoms with E-state index in [1.807, 2.05) is 0 Å². The van der Waals surface area contributed by atoms with Crippen molar-refractivity contribution in [2.75, 3.05) is 10.6 Å². The van der Waals surface area contributed by atoms with Gasteiger partial charge < -0.3 is 10.6 Å². The van der Waals surface area contributed by atoms with Crippen molar-refractivity contribution in [2.45, 2.75) is 13.1 Å². The van der Waals surface area contributed by atoms with E-state index in [1.165, 1.54) is 12.2 Å². The average molecular weight is 264 g/mol. The van der Waals surface area contributed by atoms with Gasteiger partial charge in [-0.2, -0.15) is 13.2 Å². The molecule has 98 valence electrons. The second-order valence-corrected chi connectivity index (χ2v) is 3.33. The summed E-state index contributed by atoms with van der Waals surface area (Å²) in [5, 5.41) is 3.62. The van der Waals surface area contributed by atoms with Crippen LogP contribution in [-0.4, -0.2) is 18.0 Å². The van der Waals surface area contributed by atoms with Crippen molar-refractivity contribution in [3.05, 3.63) is 24.0 Å². The maximum atomic E-state index is 13.2. The number of carbonyl (C=O) groups is 2. The first-order valence-electron chi connectivity index (χ1n) is 4.65. The van der Waals surface area contributed by atoms with Gasteiger partial charge in [-0.15, -0.1) is 0 Å². The van der Waals surface area contributed by atoms with Gasteiger partial charge in [-0.1, -0.05) is 0 Å². The first kappa shape index (κ1) is 13.9. The second kappa shape index (κ2) is 5.03. The Labute approximate surface area is 99.0 Å². The largest absolute Gasteiger partial charge is 0.471 e. The third-order valence-corrected chi connectivity index (χ3v) is 1.79. The molecule has 0 heterocycles. The van der Waals surface area contributed by atoms with Crippen molar-refractivity contribution in [1.82, 2.24) is 0 Å². The monoisotopic (exact) mass is 264 g/mol. The van der Waals surface area contributed by atoms with E-state index in [9.17, 15) is 27.2 Å². The van der Waals surface area contributed by atoms with Crippen LogP contribution in [-0.2, 0) is 9.59 Å². The van der Waals surface area contributed by atoms with E-state index >= 15 is 0 Å². The number of rotatable bonds is 2. The zero-order chi connectivity index (χ0) is 13.9. The Balaban J connectivity index is 2.94. The van der Waals surface area contributed by atoms with Crippen LogP contribution < -0.4 is 10.6 Å². The highest BCUT2D eigenvalue weighted by atomic mass is 19.4. The Morgan fingerprint density at radius 1 is 1.17 bits per heavy atom. The van der Waals surface area contributed by atoms with Crippen molar-refractivity contribution < 1.29 is 27.2 Å². The normalized spacial score (nSPS) is 10.9. The number of hydrogen-bond donors (Lipinski definition) is 2. The summed E-state index contributed by atoms with van der Waals surface area (Å²) in [5.74, 6) is -3.81. The SMILES string of the molecule is CC(=O)Nc1ccc(F)c(NC(=O)C(F)(F)F)c1. The molecule has 0 fully saturated rings. The van der Waals surface area contributed by atoms with Crippen LogP contribution in [0.2, 0.25) is 0 Å². The number of amides is 2. The molecule has 0 aliphatic carbocycles. The van der Waals surface area contributed by atoms with Crippen molar-refractivity contribution in [2.24, 2.45) is 0 Å². The van der Waals surface area contributed by atoms with E-state index in [2.05, 4.69) is 5.32 Å². The molecule has 0 aromatic heterocycles. The summed E-state index contributed by atoms with van der Waals surface area (Å²) in [6.45, 7) is 1.18. The van der Waals surface area contributed by atoms with Gasteiger partial charge in [0.05, 0.1) is 5.69 Å². The maximum Gasteiger partial charge on any atom is 0.471 e. The van der Waals surface area contributed by atoms with Crippen LogP contribution in [0.5, 0.6) is 0 Å². The van der Waals surface area contributed by atoms with E-state index in [1.54, 1.807) is 0 Å². The first-order valence-corrected chi connectivity index (χ1v) is 4.65. The molecule has 0 aliphatic heterocycles. The Kier molecular flexibility index (Phi) is 3.89. The number of nitrogens with one attached hydrogen (secondary N) is 2. The van der Waals surface area contributed by atoms with E-state index < -0.39 is 29.5 Å². The number of alkyl halides is 3. The first-order chi connectivity index (χ1) is 8.20. The molecule has 0 aliphatic rings. The van der Waals surface area contributed by atoms with Gasteiger partial charge in [0.2, 0.25) is 5.91 Å².